The number of hydrogen-bond donors (Lipinski definition) is 2. The number of nitrogens with zero attached hydrogens (tertiary/aromatic N) is 1. The highest BCUT2D eigenvalue weighted by atomic mass is 79.9. The lowest BCUT2D eigenvalue weighted by Gasteiger charge is -2.19. The Bertz CT molecular complexity index is 477. The SMILES string of the molecule is CC(C)c1cc(Br)ccc1NC(=O)N1CCC(O)C1. The Morgan fingerprint density at radius 3 is 2.84 bits per heavy atom. The van der Waals surface area contributed by atoms with E-state index in [1.165, 1.54) is 0 Å². The van der Waals surface area contributed by atoms with Gasteiger partial charge in [0.2, 0.25) is 0 Å². The van der Waals surface area contributed by atoms with Gasteiger partial charge in [0.15, 0.2) is 0 Å². The number of likely N-dealkylation sites (tertiary alicyclic amines) is 1. The van der Waals surface area contributed by atoms with Gasteiger partial charge < -0.3 is 15.3 Å². The summed E-state index contributed by atoms with van der Waals surface area (Å²) in [5, 5.41) is 12.4. The van der Waals surface area contributed by atoms with Crippen molar-refractivity contribution in [2.24, 2.45) is 0 Å². The smallest absolute Gasteiger partial charge is 0.321 e. The van der Waals surface area contributed by atoms with E-state index in [0.29, 0.717) is 25.4 Å². The zero-order valence-corrected chi connectivity index (χ0v) is 12.8. The maximum atomic E-state index is 12.1. The van der Waals surface area contributed by atoms with Crippen LogP contribution in [0.5, 0.6) is 0 Å². The minimum atomic E-state index is -0.389. The van der Waals surface area contributed by atoms with Crippen LogP contribution in [0.1, 0.15) is 31.7 Å². The number of carbonyl (C=O) groups is 1. The van der Waals surface area contributed by atoms with E-state index in [1.807, 2.05) is 18.2 Å². The van der Waals surface area contributed by atoms with Crippen LogP contribution >= 0.6 is 15.9 Å². The number of aliphatic hydroxyl groups is 1. The highest BCUT2D eigenvalue weighted by molar-refractivity contribution is 9.10. The number of halogens is 1. The summed E-state index contributed by atoms with van der Waals surface area (Å²) in [5.74, 6) is 0.331. The molecule has 0 saturated carbocycles. The Kier molecular flexibility index (Phi) is 4.47. The Labute approximate surface area is 121 Å². The largest absolute Gasteiger partial charge is 0.391 e. The highest BCUT2D eigenvalue weighted by Crippen LogP contribution is 2.28. The van der Waals surface area contributed by atoms with Crippen molar-refractivity contribution in [3.05, 3.63) is 28.2 Å². The zero-order chi connectivity index (χ0) is 14.0. The normalized spacial score (nSPS) is 19.0. The van der Waals surface area contributed by atoms with E-state index in [-0.39, 0.29) is 12.1 Å². The van der Waals surface area contributed by atoms with E-state index in [2.05, 4.69) is 35.1 Å². The fraction of sp³-hybridized carbons (Fsp3) is 0.500. The van der Waals surface area contributed by atoms with Crippen LogP contribution in [0.3, 0.4) is 0 Å². The van der Waals surface area contributed by atoms with Gasteiger partial charge in [-0.1, -0.05) is 29.8 Å². The molecule has 2 N–H and O–H groups in total. The van der Waals surface area contributed by atoms with Crippen molar-refractivity contribution in [3.8, 4) is 0 Å². The second kappa shape index (κ2) is 5.92. The van der Waals surface area contributed by atoms with Crippen molar-refractivity contribution in [1.82, 2.24) is 4.90 Å². The van der Waals surface area contributed by atoms with Crippen molar-refractivity contribution in [2.45, 2.75) is 32.3 Å². The maximum absolute atomic E-state index is 12.1. The van der Waals surface area contributed by atoms with Gasteiger partial charge in [0, 0.05) is 23.2 Å². The summed E-state index contributed by atoms with van der Waals surface area (Å²) < 4.78 is 1.01. The monoisotopic (exact) mass is 326 g/mol. The molecule has 1 aliphatic heterocycles. The van der Waals surface area contributed by atoms with Gasteiger partial charge in [-0.25, -0.2) is 4.79 Å². The van der Waals surface area contributed by atoms with Crippen LogP contribution in [-0.2, 0) is 0 Å². The maximum Gasteiger partial charge on any atom is 0.321 e. The number of hydrogen-bond acceptors (Lipinski definition) is 2. The summed E-state index contributed by atoms with van der Waals surface area (Å²) in [5.41, 5.74) is 1.94. The van der Waals surface area contributed by atoms with Gasteiger partial charge in [-0.05, 0) is 36.1 Å². The molecule has 1 fully saturated rings. The number of amides is 2. The van der Waals surface area contributed by atoms with E-state index in [4.69, 9.17) is 0 Å². The van der Waals surface area contributed by atoms with Crippen LogP contribution in [-0.4, -0.2) is 35.2 Å². The predicted octanol–water partition coefficient (Wildman–Crippen LogP) is 3.17. The number of β-amino-alcohol motifs (C(OH)–C–C–N with tert-alkyl or cyclic N) is 1. The Balaban J connectivity index is 2.12. The van der Waals surface area contributed by atoms with Crippen molar-refractivity contribution in [1.29, 1.82) is 0 Å². The summed E-state index contributed by atoms with van der Waals surface area (Å²) >= 11 is 3.45. The predicted molar refractivity (Wildman–Crippen MR) is 79.4 cm³/mol. The quantitative estimate of drug-likeness (QED) is 0.877. The molecule has 0 spiro atoms. The number of nitrogens with one attached hydrogen (secondary N) is 1. The first kappa shape index (κ1) is 14.3. The number of aliphatic hydroxyl groups excluding tert-OH is 1. The fourth-order valence-electron chi connectivity index (χ4n) is 2.25. The van der Waals surface area contributed by atoms with E-state index in [9.17, 15) is 9.90 Å². The van der Waals surface area contributed by atoms with Gasteiger partial charge in [0.1, 0.15) is 0 Å². The van der Waals surface area contributed by atoms with Crippen molar-refractivity contribution in [3.63, 3.8) is 0 Å². The van der Waals surface area contributed by atoms with Crippen LogP contribution in [0.2, 0.25) is 0 Å². The Morgan fingerprint density at radius 2 is 2.26 bits per heavy atom. The average molecular weight is 327 g/mol. The van der Waals surface area contributed by atoms with Crippen molar-refractivity contribution >= 4 is 27.6 Å². The molecule has 2 amide bonds. The van der Waals surface area contributed by atoms with Gasteiger partial charge in [-0.2, -0.15) is 0 Å². The van der Waals surface area contributed by atoms with Crippen LogP contribution in [0.25, 0.3) is 0 Å². The van der Waals surface area contributed by atoms with Crippen LogP contribution in [0.15, 0.2) is 22.7 Å². The van der Waals surface area contributed by atoms with Crippen LogP contribution in [0.4, 0.5) is 10.5 Å². The number of urea groups is 1. The van der Waals surface area contributed by atoms with Gasteiger partial charge in [-0.3, -0.25) is 0 Å². The number of anilines is 1. The molecule has 104 valence electrons. The number of benzene rings is 1. The van der Waals surface area contributed by atoms with E-state index in [1.54, 1.807) is 4.90 Å². The summed E-state index contributed by atoms with van der Waals surface area (Å²) in [6.07, 6.45) is 0.269. The molecule has 4 nitrogen and oxygen atoms in total. The second-order valence-electron chi connectivity index (χ2n) is 5.20. The van der Waals surface area contributed by atoms with Gasteiger partial charge >= 0.3 is 6.03 Å². The molecule has 1 saturated heterocycles. The molecular formula is C14H19BrN2O2. The lowest BCUT2D eigenvalue weighted by molar-refractivity contribution is 0.176. The van der Waals surface area contributed by atoms with Crippen molar-refractivity contribution in [2.75, 3.05) is 18.4 Å². The summed E-state index contributed by atoms with van der Waals surface area (Å²) in [7, 11) is 0. The van der Waals surface area contributed by atoms with Gasteiger partial charge in [0.05, 0.1) is 6.10 Å². The first-order valence-electron chi connectivity index (χ1n) is 6.51. The molecule has 19 heavy (non-hydrogen) atoms. The molecule has 2 rings (SSSR count). The molecule has 0 radical (unpaired) electrons. The molecule has 1 atom stereocenters. The molecular weight excluding hydrogens is 308 g/mol. The van der Waals surface area contributed by atoms with Gasteiger partial charge in [-0.15, -0.1) is 0 Å². The van der Waals surface area contributed by atoms with E-state index in [0.717, 1.165) is 15.7 Å². The van der Waals surface area contributed by atoms with E-state index < -0.39 is 0 Å². The molecule has 5 heteroatoms. The molecule has 0 bridgehead atoms. The molecule has 1 aromatic carbocycles. The lowest BCUT2D eigenvalue weighted by atomic mass is 10.0. The molecule has 1 aliphatic rings. The topological polar surface area (TPSA) is 52.6 Å². The standard InChI is InChI=1S/C14H19BrN2O2/c1-9(2)12-7-10(15)3-4-13(12)16-14(19)17-6-5-11(18)8-17/h3-4,7,9,11,18H,5-6,8H2,1-2H3,(H,16,19). The molecule has 0 aromatic heterocycles. The molecule has 1 heterocycles. The van der Waals surface area contributed by atoms with Crippen LogP contribution < -0.4 is 5.32 Å². The van der Waals surface area contributed by atoms with Crippen LogP contribution in [0, 0.1) is 0 Å². The molecule has 1 aromatic rings. The Morgan fingerprint density at radius 1 is 1.53 bits per heavy atom. The summed E-state index contributed by atoms with van der Waals surface area (Å²) in [6, 6.07) is 5.71. The number of rotatable bonds is 2. The fourth-order valence-corrected chi connectivity index (χ4v) is 2.62. The average Bonchev–Trinajstić information content (AvgIpc) is 2.78. The summed E-state index contributed by atoms with van der Waals surface area (Å²) in [6.45, 7) is 5.22. The first-order valence-corrected chi connectivity index (χ1v) is 7.30. The first-order chi connectivity index (χ1) is 8.97. The lowest BCUT2D eigenvalue weighted by Crippen LogP contribution is -2.33. The van der Waals surface area contributed by atoms with E-state index >= 15 is 0 Å². The van der Waals surface area contributed by atoms with Crippen molar-refractivity contribution < 1.29 is 9.90 Å². The minimum absolute atomic E-state index is 0.138. The number of carbonyl (C=O) groups excluding carboxylic acids is 1. The highest BCUT2D eigenvalue weighted by Gasteiger charge is 2.25. The molecule has 1 unspecified atom stereocenters. The second-order valence-corrected chi connectivity index (χ2v) is 6.12. The Hall–Kier alpha value is -1.07. The third-order valence-electron chi connectivity index (χ3n) is 3.33. The minimum Gasteiger partial charge on any atom is -0.391 e. The van der Waals surface area contributed by atoms with Gasteiger partial charge in [0.25, 0.3) is 0 Å². The molecule has 0 aliphatic carbocycles. The third-order valence-corrected chi connectivity index (χ3v) is 3.82. The third kappa shape index (κ3) is 3.48. The zero-order valence-electron chi connectivity index (χ0n) is 11.2. The summed E-state index contributed by atoms with van der Waals surface area (Å²) in [4.78, 5) is 13.8.